The summed E-state index contributed by atoms with van der Waals surface area (Å²) in [5.41, 5.74) is 3.83. The summed E-state index contributed by atoms with van der Waals surface area (Å²) in [6.45, 7) is 5.55. The van der Waals surface area contributed by atoms with Gasteiger partial charge in [0.1, 0.15) is 17.9 Å². The molecule has 37 heavy (non-hydrogen) atoms. The van der Waals surface area contributed by atoms with Crippen molar-refractivity contribution in [3.63, 3.8) is 0 Å². The maximum absolute atomic E-state index is 12.2. The maximum atomic E-state index is 12.2. The molecule has 1 aliphatic rings. The van der Waals surface area contributed by atoms with Gasteiger partial charge in [-0.3, -0.25) is 4.90 Å². The van der Waals surface area contributed by atoms with Crippen LogP contribution in [0.5, 0.6) is 5.75 Å². The number of anilines is 3. The van der Waals surface area contributed by atoms with Gasteiger partial charge in [0.15, 0.2) is 5.58 Å². The first-order valence-corrected chi connectivity index (χ1v) is 12.9. The van der Waals surface area contributed by atoms with Gasteiger partial charge < -0.3 is 29.8 Å². The first-order valence-electron chi connectivity index (χ1n) is 12.1. The fourth-order valence-electron chi connectivity index (χ4n) is 3.90. The molecule has 0 atom stereocenters. The topological polar surface area (TPSA) is 101 Å². The molecule has 0 saturated carbocycles. The van der Waals surface area contributed by atoms with Crippen molar-refractivity contribution in [2.24, 2.45) is 0 Å². The smallest absolute Gasteiger partial charge is 0.323 e. The summed E-state index contributed by atoms with van der Waals surface area (Å²) in [5, 5.41) is 8.88. The van der Waals surface area contributed by atoms with Gasteiger partial charge in [-0.1, -0.05) is 28.1 Å². The van der Waals surface area contributed by atoms with Crippen molar-refractivity contribution in [1.29, 1.82) is 0 Å². The van der Waals surface area contributed by atoms with Crippen LogP contribution in [0.4, 0.5) is 22.2 Å². The zero-order valence-electron chi connectivity index (χ0n) is 20.2. The van der Waals surface area contributed by atoms with E-state index >= 15 is 0 Å². The second-order valence-corrected chi connectivity index (χ2v) is 9.52. The first kappa shape index (κ1) is 25.1. The Morgan fingerprint density at radius 1 is 0.973 bits per heavy atom. The number of carbonyl (C=O) groups excluding carboxylic acids is 1. The molecule has 0 bridgehead atoms. The average molecular weight is 566 g/mol. The average Bonchev–Trinajstić information content (AvgIpc) is 3.32. The molecule has 0 aliphatic carbocycles. The molecular formula is C27H28BrN5O4. The van der Waals surface area contributed by atoms with Crippen LogP contribution in [0.25, 0.3) is 11.1 Å². The summed E-state index contributed by atoms with van der Waals surface area (Å²) >= 11 is 3.38. The van der Waals surface area contributed by atoms with Crippen molar-refractivity contribution in [2.75, 3.05) is 55.3 Å². The molecule has 10 heteroatoms. The molecule has 5 rings (SSSR count). The Labute approximate surface area is 223 Å². The van der Waals surface area contributed by atoms with Gasteiger partial charge in [-0.15, -0.1) is 0 Å². The number of hydrogen-bond acceptors (Lipinski definition) is 7. The molecule has 0 radical (unpaired) electrons. The number of aromatic nitrogens is 1. The Bertz CT molecular complexity index is 1320. The quantitative estimate of drug-likeness (QED) is 0.244. The van der Waals surface area contributed by atoms with Gasteiger partial charge in [0.05, 0.1) is 13.2 Å². The lowest BCUT2D eigenvalue weighted by atomic mass is 10.2. The van der Waals surface area contributed by atoms with E-state index in [0.717, 1.165) is 54.9 Å². The van der Waals surface area contributed by atoms with Crippen LogP contribution in [0.2, 0.25) is 0 Å². The predicted octanol–water partition coefficient (Wildman–Crippen LogP) is 5.56. The molecule has 9 nitrogen and oxygen atoms in total. The van der Waals surface area contributed by atoms with Crippen molar-refractivity contribution in [1.82, 2.24) is 9.88 Å². The molecule has 2 amide bonds. The number of ether oxygens (including phenoxy) is 2. The van der Waals surface area contributed by atoms with E-state index in [0.29, 0.717) is 35.3 Å². The number of nitrogens with zero attached hydrogens (tertiary/aromatic N) is 2. The number of morpholine rings is 1. The third-order valence-electron chi connectivity index (χ3n) is 5.89. The van der Waals surface area contributed by atoms with Crippen LogP contribution in [0, 0.1) is 0 Å². The third-order valence-corrected chi connectivity index (χ3v) is 6.42. The van der Waals surface area contributed by atoms with Crippen LogP contribution in [-0.2, 0) is 11.3 Å². The fraction of sp³-hybridized carbons (Fsp3) is 0.259. The monoisotopic (exact) mass is 565 g/mol. The van der Waals surface area contributed by atoms with Crippen LogP contribution in [-0.4, -0.2) is 55.3 Å². The highest BCUT2D eigenvalue weighted by Gasteiger charge is 2.11. The summed E-state index contributed by atoms with van der Waals surface area (Å²) < 4.78 is 18.1. The van der Waals surface area contributed by atoms with Gasteiger partial charge in [0, 0.05) is 48.1 Å². The number of carbonyl (C=O) groups is 1. The molecule has 0 spiro atoms. The normalized spacial score (nSPS) is 13.9. The van der Waals surface area contributed by atoms with E-state index in [-0.39, 0.29) is 6.03 Å². The standard InChI is InChI=1S/C27H28BrN5O4/c28-20-3-7-22(8-4-20)31-26(34)30-21-5-1-19(2-6-21)18-36-23-9-10-25-24(17-23)32-27(37-25)29-11-12-33-13-15-35-16-14-33/h1-10,17H,11-16,18H2,(H,29,32)(H2,30,31,34). The summed E-state index contributed by atoms with van der Waals surface area (Å²) in [5.74, 6) is 0.705. The van der Waals surface area contributed by atoms with Gasteiger partial charge in [-0.2, -0.15) is 4.98 Å². The molecule has 0 unspecified atom stereocenters. The largest absolute Gasteiger partial charge is 0.489 e. The summed E-state index contributed by atoms with van der Waals surface area (Å²) in [4.78, 5) is 19.1. The molecule has 2 heterocycles. The van der Waals surface area contributed by atoms with Crippen molar-refractivity contribution in [3.8, 4) is 5.75 Å². The van der Waals surface area contributed by atoms with Gasteiger partial charge in [-0.25, -0.2) is 4.79 Å². The minimum absolute atomic E-state index is 0.304. The number of rotatable bonds is 9. The Kier molecular flexibility index (Phi) is 8.19. The highest BCUT2D eigenvalue weighted by Crippen LogP contribution is 2.24. The van der Waals surface area contributed by atoms with Crippen LogP contribution in [0.1, 0.15) is 5.56 Å². The van der Waals surface area contributed by atoms with E-state index in [1.165, 1.54) is 0 Å². The highest BCUT2D eigenvalue weighted by molar-refractivity contribution is 9.10. The molecule has 1 fully saturated rings. The number of benzene rings is 3. The maximum Gasteiger partial charge on any atom is 0.323 e. The van der Waals surface area contributed by atoms with E-state index in [2.05, 4.69) is 41.8 Å². The van der Waals surface area contributed by atoms with Gasteiger partial charge in [-0.05, 0) is 54.1 Å². The van der Waals surface area contributed by atoms with E-state index in [4.69, 9.17) is 13.9 Å². The number of amides is 2. The predicted molar refractivity (Wildman–Crippen MR) is 147 cm³/mol. The number of oxazole rings is 1. The molecule has 192 valence electrons. The second-order valence-electron chi connectivity index (χ2n) is 8.60. The lowest BCUT2D eigenvalue weighted by Gasteiger charge is -2.26. The number of urea groups is 1. The van der Waals surface area contributed by atoms with Crippen molar-refractivity contribution < 1.29 is 18.7 Å². The van der Waals surface area contributed by atoms with Crippen molar-refractivity contribution in [3.05, 3.63) is 76.8 Å². The molecule has 1 aliphatic heterocycles. The minimum atomic E-state index is -0.304. The Balaban J connectivity index is 1.09. The van der Waals surface area contributed by atoms with Crippen LogP contribution >= 0.6 is 15.9 Å². The van der Waals surface area contributed by atoms with Crippen LogP contribution in [0.3, 0.4) is 0 Å². The van der Waals surface area contributed by atoms with Crippen LogP contribution in [0.15, 0.2) is 75.6 Å². The van der Waals surface area contributed by atoms with E-state index in [1.807, 2.05) is 66.7 Å². The Morgan fingerprint density at radius 2 is 1.68 bits per heavy atom. The lowest BCUT2D eigenvalue weighted by molar-refractivity contribution is 0.0398. The molecule has 1 saturated heterocycles. The van der Waals surface area contributed by atoms with Crippen LogP contribution < -0.4 is 20.7 Å². The van der Waals surface area contributed by atoms with Gasteiger partial charge in [0.2, 0.25) is 0 Å². The number of hydrogen-bond donors (Lipinski definition) is 3. The van der Waals surface area contributed by atoms with Gasteiger partial charge >= 0.3 is 6.03 Å². The highest BCUT2D eigenvalue weighted by atomic mass is 79.9. The summed E-state index contributed by atoms with van der Waals surface area (Å²) in [6.07, 6.45) is 0. The number of fused-ring (bicyclic) bond motifs is 1. The summed E-state index contributed by atoms with van der Waals surface area (Å²) in [6, 6.07) is 20.7. The molecular weight excluding hydrogens is 538 g/mol. The second kappa shape index (κ2) is 12.1. The van der Waals surface area contributed by atoms with Crippen molar-refractivity contribution >= 4 is 50.5 Å². The molecule has 3 aromatic carbocycles. The molecule has 1 aromatic heterocycles. The lowest BCUT2D eigenvalue weighted by Crippen LogP contribution is -2.39. The number of halogens is 1. The Hall–Kier alpha value is -3.60. The molecule has 4 aromatic rings. The third kappa shape index (κ3) is 7.22. The zero-order valence-corrected chi connectivity index (χ0v) is 21.8. The zero-order chi connectivity index (χ0) is 25.5. The van der Waals surface area contributed by atoms with Crippen molar-refractivity contribution in [2.45, 2.75) is 6.61 Å². The first-order chi connectivity index (χ1) is 18.1. The van der Waals surface area contributed by atoms with E-state index in [1.54, 1.807) is 0 Å². The molecule has 3 N–H and O–H groups in total. The van der Waals surface area contributed by atoms with Gasteiger partial charge in [0.25, 0.3) is 6.01 Å². The van der Waals surface area contributed by atoms with E-state index < -0.39 is 0 Å². The SMILES string of the molecule is O=C(Nc1ccc(Br)cc1)Nc1ccc(COc2ccc3oc(NCCN4CCOCC4)nc3c2)cc1. The van der Waals surface area contributed by atoms with E-state index in [9.17, 15) is 4.79 Å². The summed E-state index contributed by atoms with van der Waals surface area (Å²) in [7, 11) is 0. The number of nitrogens with one attached hydrogen (secondary N) is 3. The fourth-order valence-corrected chi connectivity index (χ4v) is 4.16. The minimum Gasteiger partial charge on any atom is -0.489 e. The Morgan fingerprint density at radius 3 is 2.41 bits per heavy atom.